The molecule has 0 heterocycles. The summed E-state index contributed by atoms with van der Waals surface area (Å²) in [6.07, 6.45) is -4.44. The summed E-state index contributed by atoms with van der Waals surface area (Å²) in [5.41, 5.74) is -0.343. The molecule has 0 atom stereocenters. The fraction of sp³-hybridized carbons (Fsp3) is 0.364. The van der Waals surface area contributed by atoms with E-state index in [4.69, 9.17) is 0 Å². The summed E-state index contributed by atoms with van der Waals surface area (Å²) in [6, 6.07) is 4.14. The lowest BCUT2D eigenvalue weighted by Gasteiger charge is -2.19. The second kappa shape index (κ2) is 4.39. The van der Waals surface area contributed by atoms with Crippen LogP contribution in [0.1, 0.15) is 17.5 Å². The largest absolute Gasteiger partial charge is 0.458 e. The third kappa shape index (κ3) is 2.51. The molecule has 89 valence electrons. The van der Waals surface area contributed by atoms with E-state index in [1.54, 1.807) is 0 Å². The van der Waals surface area contributed by atoms with E-state index >= 15 is 0 Å². The van der Waals surface area contributed by atoms with Crippen LogP contribution in [-0.2, 0) is 12.3 Å². The van der Waals surface area contributed by atoms with Gasteiger partial charge in [0.15, 0.2) is 0 Å². The Balaban J connectivity index is 2.97. The standard InChI is InChI=1S/C11H10F5/c1-2-3-8-4-6-9(7-5-8)10(12,13)11(14,15)16/h4-7H,1-3H2. The predicted molar refractivity (Wildman–Crippen MR) is 50.1 cm³/mol. The minimum absolute atomic E-state index is 0.553. The topological polar surface area (TPSA) is 0 Å². The molecule has 1 radical (unpaired) electrons. The monoisotopic (exact) mass is 237 g/mol. The quantitative estimate of drug-likeness (QED) is 0.694. The molecule has 0 unspecified atom stereocenters. The molecule has 0 nitrogen and oxygen atoms in total. The number of alkyl halides is 5. The van der Waals surface area contributed by atoms with Gasteiger partial charge in [0.2, 0.25) is 0 Å². The van der Waals surface area contributed by atoms with Crippen molar-refractivity contribution in [3.63, 3.8) is 0 Å². The Morgan fingerprint density at radius 3 is 1.81 bits per heavy atom. The van der Waals surface area contributed by atoms with Crippen LogP contribution < -0.4 is 0 Å². The van der Waals surface area contributed by atoms with Crippen LogP contribution in [0.3, 0.4) is 0 Å². The van der Waals surface area contributed by atoms with Crippen molar-refractivity contribution in [1.29, 1.82) is 0 Å². The van der Waals surface area contributed by atoms with Crippen LogP contribution in [0.5, 0.6) is 0 Å². The fourth-order valence-corrected chi connectivity index (χ4v) is 1.25. The summed E-state index contributed by atoms with van der Waals surface area (Å²) in [4.78, 5) is 0. The van der Waals surface area contributed by atoms with Gasteiger partial charge in [0.05, 0.1) is 0 Å². The number of aryl methyl sites for hydroxylation is 1. The number of rotatable bonds is 3. The molecular formula is C11H10F5. The molecule has 5 heteroatoms. The SMILES string of the molecule is [CH2]CCc1ccc(C(F)(F)C(F)(F)F)cc1. The van der Waals surface area contributed by atoms with E-state index in [1.807, 2.05) is 0 Å². The molecule has 0 amide bonds. The fourth-order valence-electron chi connectivity index (χ4n) is 1.25. The van der Waals surface area contributed by atoms with E-state index in [9.17, 15) is 22.0 Å². The summed E-state index contributed by atoms with van der Waals surface area (Å²) >= 11 is 0. The average molecular weight is 237 g/mol. The maximum absolute atomic E-state index is 12.8. The van der Waals surface area contributed by atoms with Crippen LogP contribution in [0.4, 0.5) is 22.0 Å². The van der Waals surface area contributed by atoms with Crippen molar-refractivity contribution in [1.82, 2.24) is 0 Å². The van der Waals surface area contributed by atoms with E-state index in [0.29, 0.717) is 18.4 Å². The van der Waals surface area contributed by atoms with Gasteiger partial charge in [0.25, 0.3) is 0 Å². The maximum Gasteiger partial charge on any atom is 0.458 e. The lowest BCUT2D eigenvalue weighted by Crippen LogP contribution is -2.33. The zero-order valence-electron chi connectivity index (χ0n) is 8.32. The number of benzene rings is 1. The predicted octanol–water partition coefficient (Wildman–Crippen LogP) is 4.11. The minimum atomic E-state index is -5.55. The van der Waals surface area contributed by atoms with Crippen molar-refractivity contribution in [3.05, 3.63) is 42.3 Å². The van der Waals surface area contributed by atoms with Gasteiger partial charge in [-0.3, -0.25) is 0 Å². The first-order valence-electron chi connectivity index (χ1n) is 4.62. The van der Waals surface area contributed by atoms with Crippen LogP contribution in [0.15, 0.2) is 24.3 Å². The van der Waals surface area contributed by atoms with Crippen molar-refractivity contribution >= 4 is 0 Å². The van der Waals surface area contributed by atoms with E-state index in [-0.39, 0.29) is 0 Å². The van der Waals surface area contributed by atoms with Gasteiger partial charge in [0.1, 0.15) is 0 Å². The first-order chi connectivity index (χ1) is 7.29. The second-order valence-corrected chi connectivity index (χ2v) is 3.37. The normalized spacial score (nSPS) is 12.9. The summed E-state index contributed by atoms with van der Waals surface area (Å²) in [5, 5.41) is 0. The first kappa shape index (κ1) is 12.9. The van der Waals surface area contributed by atoms with Crippen molar-refractivity contribution in [2.75, 3.05) is 0 Å². The summed E-state index contributed by atoms with van der Waals surface area (Å²) in [5.74, 6) is -4.80. The molecule has 0 spiro atoms. The number of halogens is 5. The molecule has 16 heavy (non-hydrogen) atoms. The Morgan fingerprint density at radius 1 is 0.938 bits per heavy atom. The zero-order chi connectivity index (χ0) is 12.4. The van der Waals surface area contributed by atoms with Crippen molar-refractivity contribution < 1.29 is 22.0 Å². The Hall–Kier alpha value is -1.13. The number of hydrogen-bond donors (Lipinski definition) is 0. The van der Waals surface area contributed by atoms with Crippen LogP contribution in [0.2, 0.25) is 0 Å². The van der Waals surface area contributed by atoms with Crippen LogP contribution >= 0.6 is 0 Å². The highest BCUT2D eigenvalue weighted by molar-refractivity contribution is 5.27. The molecule has 1 aromatic rings. The van der Waals surface area contributed by atoms with Crippen molar-refractivity contribution in [2.45, 2.75) is 24.9 Å². The lowest BCUT2D eigenvalue weighted by atomic mass is 10.0. The van der Waals surface area contributed by atoms with Crippen molar-refractivity contribution in [3.8, 4) is 0 Å². The summed E-state index contributed by atoms with van der Waals surface area (Å²) in [6.45, 7) is 3.56. The maximum atomic E-state index is 12.8. The molecule has 0 fully saturated rings. The third-order valence-corrected chi connectivity index (χ3v) is 2.14. The van der Waals surface area contributed by atoms with E-state index in [2.05, 4.69) is 6.92 Å². The van der Waals surface area contributed by atoms with Crippen LogP contribution in [-0.4, -0.2) is 6.18 Å². The van der Waals surface area contributed by atoms with Gasteiger partial charge in [-0.05, 0) is 18.4 Å². The highest BCUT2D eigenvalue weighted by Crippen LogP contribution is 2.43. The van der Waals surface area contributed by atoms with Crippen LogP contribution in [0.25, 0.3) is 0 Å². The Morgan fingerprint density at radius 2 is 1.44 bits per heavy atom. The van der Waals surface area contributed by atoms with Crippen LogP contribution in [0, 0.1) is 6.92 Å². The number of hydrogen-bond acceptors (Lipinski definition) is 0. The summed E-state index contributed by atoms with van der Waals surface area (Å²) in [7, 11) is 0. The van der Waals surface area contributed by atoms with E-state index < -0.39 is 17.7 Å². The average Bonchev–Trinajstić information content (AvgIpc) is 2.17. The molecule has 0 N–H and O–H groups in total. The summed E-state index contributed by atoms with van der Waals surface area (Å²) < 4.78 is 61.7. The van der Waals surface area contributed by atoms with Gasteiger partial charge < -0.3 is 0 Å². The molecule has 0 saturated carbocycles. The smallest absolute Gasteiger partial charge is 0.191 e. The molecule has 0 aliphatic rings. The van der Waals surface area contributed by atoms with Gasteiger partial charge in [0, 0.05) is 5.56 Å². The molecule has 0 aliphatic heterocycles. The highest BCUT2D eigenvalue weighted by atomic mass is 19.4. The second-order valence-electron chi connectivity index (χ2n) is 3.37. The van der Waals surface area contributed by atoms with Gasteiger partial charge in [-0.25, -0.2) is 0 Å². The van der Waals surface area contributed by atoms with Gasteiger partial charge in [-0.2, -0.15) is 22.0 Å². The molecule has 0 bridgehead atoms. The Kier molecular flexibility index (Phi) is 3.55. The highest BCUT2D eigenvalue weighted by Gasteiger charge is 2.58. The molecule has 1 rings (SSSR count). The molecule has 1 aromatic carbocycles. The van der Waals surface area contributed by atoms with E-state index in [0.717, 1.165) is 12.1 Å². The molecular weight excluding hydrogens is 227 g/mol. The lowest BCUT2D eigenvalue weighted by molar-refractivity contribution is -0.289. The molecule has 0 aromatic heterocycles. The first-order valence-corrected chi connectivity index (χ1v) is 4.62. The Bertz CT molecular complexity index is 336. The van der Waals surface area contributed by atoms with Gasteiger partial charge >= 0.3 is 12.1 Å². The van der Waals surface area contributed by atoms with Gasteiger partial charge in [-0.1, -0.05) is 31.2 Å². The van der Waals surface area contributed by atoms with E-state index in [1.165, 1.54) is 12.1 Å². The molecule has 0 saturated heterocycles. The van der Waals surface area contributed by atoms with Gasteiger partial charge in [-0.15, -0.1) is 0 Å². The third-order valence-electron chi connectivity index (χ3n) is 2.14. The molecule has 0 aliphatic carbocycles. The zero-order valence-corrected chi connectivity index (χ0v) is 8.32. The Labute approximate surface area is 90.1 Å². The minimum Gasteiger partial charge on any atom is -0.191 e. The van der Waals surface area contributed by atoms with Crippen molar-refractivity contribution in [2.24, 2.45) is 0 Å².